The van der Waals surface area contributed by atoms with Gasteiger partial charge in [0.1, 0.15) is 0 Å². The summed E-state index contributed by atoms with van der Waals surface area (Å²) in [7, 11) is 5.46. The maximum absolute atomic E-state index is 11.7. The van der Waals surface area contributed by atoms with Gasteiger partial charge in [-0.3, -0.25) is 9.69 Å². The van der Waals surface area contributed by atoms with E-state index in [0.717, 1.165) is 13.0 Å². The van der Waals surface area contributed by atoms with Gasteiger partial charge in [-0.1, -0.05) is 0 Å². The van der Waals surface area contributed by atoms with Crippen molar-refractivity contribution in [3.63, 3.8) is 0 Å². The molecule has 0 aromatic carbocycles. The fourth-order valence-electron chi connectivity index (χ4n) is 2.61. The molecule has 2 unspecified atom stereocenters. The van der Waals surface area contributed by atoms with Crippen molar-refractivity contribution in [1.29, 1.82) is 0 Å². The summed E-state index contributed by atoms with van der Waals surface area (Å²) in [4.78, 5) is 16.0. The Kier molecular flexibility index (Phi) is 5.13. The molecule has 1 N–H and O–H groups in total. The molecule has 1 aliphatic rings. The predicted molar refractivity (Wildman–Crippen MR) is 70.3 cm³/mol. The van der Waals surface area contributed by atoms with Crippen LogP contribution in [0.5, 0.6) is 0 Å². The van der Waals surface area contributed by atoms with Gasteiger partial charge in [0.15, 0.2) is 0 Å². The Hall–Kier alpha value is -0.650. The molecule has 0 aromatic heterocycles. The zero-order chi connectivity index (χ0) is 13.9. The van der Waals surface area contributed by atoms with Crippen LogP contribution in [0.3, 0.4) is 0 Å². The third-order valence-corrected chi connectivity index (χ3v) is 3.42. The lowest BCUT2D eigenvalue weighted by Crippen LogP contribution is -2.45. The van der Waals surface area contributed by atoms with Gasteiger partial charge in [0.05, 0.1) is 18.6 Å². The highest BCUT2D eigenvalue weighted by atomic mass is 16.5. The number of nitrogens with zero attached hydrogens (tertiary/aromatic N) is 2. The molecule has 0 spiro atoms. The predicted octanol–water partition coefficient (Wildman–Crippen LogP) is 0.182. The van der Waals surface area contributed by atoms with Gasteiger partial charge in [0, 0.05) is 25.7 Å². The second-order valence-corrected chi connectivity index (χ2v) is 6.11. The van der Waals surface area contributed by atoms with Gasteiger partial charge in [-0.05, 0) is 34.4 Å². The molecular formula is C13H26N2O3. The smallest absolute Gasteiger partial charge is 0.312 e. The van der Waals surface area contributed by atoms with Gasteiger partial charge in [-0.2, -0.15) is 0 Å². The van der Waals surface area contributed by atoms with E-state index in [9.17, 15) is 9.90 Å². The van der Waals surface area contributed by atoms with Gasteiger partial charge < -0.3 is 14.7 Å². The number of β-amino-alcohol motifs (C(OH)–C–C–N with tert-alkyl or cyclic N) is 1. The number of carbonyl (C=O) groups excluding carboxylic acids is 1. The van der Waals surface area contributed by atoms with Crippen LogP contribution in [0.1, 0.15) is 20.3 Å². The normalized spacial score (nSPS) is 25.7. The number of aliphatic hydroxyl groups is 1. The van der Waals surface area contributed by atoms with Crippen LogP contribution in [0.15, 0.2) is 0 Å². The molecule has 18 heavy (non-hydrogen) atoms. The largest absolute Gasteiger partial charge is 0.469 e. The molecule has 1 fully saturated rings. The molecule has 0 bridgehead atoms. The summed E-state index contributed by atoms with van der Waals surface area (Å²) in [5.74, 6) is -0.201. The van der Waals surface area contributed by atoms with E-state index in [2.05, 4.69) is 9.80 Å². The highest BCUT2D eigenvalue weighted by molar-refractivity contribution is 5.76. The van der Waals surface area contributed by atoms with Gasteiger partial charge in [0.25, 0.3) is 0 Å². The first kappa shape index (κ1) is 15.4. The summed E-state index contributed by atoms with van der Waals surface area (Å²) in [6.07, 6.45) is 0.485. The van der Waals surface area contributed by atoms with Crippen molar-refractivity contribution in [3.05, 3.63) is 0 Å². The SMILES string of the molecule is COC(=O)C(C)(C)CN1CC(O)CC1CN(C)C. The molecule has 106 valence electrons. The Bertz CT molecular complexity index is 292. The Morgan fingerprint density at radius 2 is 2.11 bits per heavy atom. The van der Waals surface area contributed by atoms with E-state index in [1.807, 2.05) is 27.9 Å². The topological polar surface area (TPSA) is 53.0 Å². The second kappa shape index (κ2) is 5.99. The Morgan fingerprint density at radius 1 is 1.50 bits per heavy atom. The lowest BCUT2D eigenvalue weighted by atomic mass is 9.92. The van der Waals surface area contributed by atoms with Gasteiger partial charge in [-0.15, -0.1) is 0 Å². The molecular weight excluding hydrogens is 232 g/mol. The molecule has 0 aromatic rings. The summed E-state index contributed by atoms with van der Waals surface area (Å²) in [5, 5.41) is 9.80. The summed E-state index contributed by atoms with van der Waals surface area (Å²) >= 11 is 0. The molecule has 0 aliphatic carbocycles. The number of rotatable bonds is 5. The van der Waals surface area contributed by atoms with Crippen molar-refractivity contribution in [2.75, 3.05) is 40.8 Å². The van der Waals surface area contributed by atoms with Crippen molar-refractivity contribution in [2.24, 2.45) is 5.41 Å². The Labute approximate surface area is 110 Å². The number of aliphatic hydroxyl groups excluding tert-OH is 1. The molecule has 1 rings (SSSR count). The van der Waals surface area contributed by atoms with E-state index in [1.54, 1.807) is 0 Å². The number of hydrogen-bond donors (Lipinski definition) is 1. The lowest BCUT2D eigenvalue weighted by molar-refractivity contribution is -0.152. The van der Waals surface area contributed by atoms with Crippen LogP contribution in [-0.2, 0) is 9.53 Å². The van der Waals surface area contributed by atoms with Crippen molar-refractivity contribution in [1.82, 2.24) is 9.80 Å². The summed E-state index contributed by atoms with van der Waals surface area (Å²) < 4.78 is 4.83. The highest BCUT2D eigenvalue weighted by Crippen LogP contribution is 2.25. The standard InChI is InChI=1S/C13H26N2O3/c1-13(2,12(17)18-5)9-15-8-11(16)6-10(15)7-14(3)4/h10-11,16H,6-9H2,1-5H3. The van der Waals surface area contributed by atoms with Crippen LogP contribution in [-0.4, -0.2) is 73.9 Å². The maximum Gasteiger partial charge on any atom is 0.312 e. The first-order valence-electron chi connectivity index (χ1n) is 6.41. The number of carbonyl (C=O) groups is 1. The van der Waals surface area contributed by atoms with Crippen molar-refractivity contribution >= 4 is 5.97 Å². The maximum atomic E-state index is 11.7. The number of hydrogen-bond acceptors (Lipinski definition) is 5. The van der Waals surface area contributed by atoms with Crippen molar-refractivity contribution in [3.8, 4) is 0 Å². The fourth-order valence-corrected chi connectivity index (χ4v) is 2.61. The zero-order valence-corrected chi connectivity index (χ0v) is 12.1. The summed E-state index contributed by atoms with van der Waals surface area (Å²) in [5.41, 5.74) is -0.538. The van der Waals surface area contributed by atoms with E-state index in [-0.39, 0.29) is 12.1 Å². The monoisotopic (exact) mass is 258 g/mol. The van der Waals surface area contributed by atoms with Gasteiger partial charge >= 0.3 is 5.97 Å². The van der Waals surface area contributed by atoms with E-state index in [1.165, 1.54) is 7.11 Å². The third kappa shape index (κ3) is 3.93. The average Bonchev–Trinajstić information content (AvgIpc) is 2.55. The minimum absolute atomic E-state index is 0.201. The Balaban J connectivity index is 2.66. The van der Waals surface area contributed by atoms with Crippen LogP contribution in [0.25, 0.3) is 0 Å². The number of esters is 1. The number of methoxy groups -OCH3 is 1. The summed E-state index contributed by atoms with van der Waals surface area (Å²) in [6, 6.07) is 0.305. The second-order valence-electron chi connectivity index (χ2n) is 6.11. The number of likely N-dealkylation sites (N-methyl/N-ethyl adjacent to an activating group) is 1. The third-order valence-electron chi connectivity index (χ3n) is 3.42. The van der Waals surface area contributed by atoms with E-state index in [4.69, 9.17) is 4.74 Å². The average molecular weight is 258 g/mol. The minimum atomic E-state index is -0.538. The first-order chi connectivity index (χ1) is 8.26. The first-order valence-corrected chi connectivity index (χ1v) is 6.41. The molecule has 5 nitrogen and oxygen atoms in total. The lowest BCUT2D eigenvalue weighted by Gasteiger charge is -2.32. The van der Waals surface area contributed by atoms with Crippen molar-refractivity contribution in [2.45, 2.75) is 32.4 Å². The molecule has 0 radical (unpaired) electrons. The zero-order valence-electron chi connectivity index (χ0n) is 12.1. The molecule has 0 saturated carbocycles. The quantitative estimate of drug-likeness (QED) is 0.713. The molecule has 1 heterocycles. The van der Waals surface area contributed by atoms with Gasteiger partial charge in [0.2, 0.25) is 0 Å². The molecule has 5 heteroatoms. The minimum Gasteiger partial charge on any atom is -0.469 e. The van der Waals surface area contributed by atoms with E-state index in [0.29, 0.717) is 19.1 Å². The van der Waals surface area contributed by atoms with Crippen LogP contribution < -0.4 is 0 Å². The van der Waals surface area contributed by atoms with Crippen LogP contribution in [0, 0.1) is 5.41 Å². The molecule has 0 amide bonds. The Morgan fingerprint density at radius 3 is 2.61 bits per heavy atom. The van der Waals surface area contributed by atoms with Crippen LogP contribution in [0.2, 0.25) is 0 Å². The molecule has 1 aliphatic heterocycles. The van der Waals surface area contributed by atoms with E-state index >= 15 is 0 Å². The highest BCUT2D eigenvalue weighted by Gasteiger charge is 2.38. The number of ether oxygens (including phenoxy) is 1. The fraction of sp³-hybridized carbons (Fsp3) is 0.923. The number of likely N-dealkylation sites (tertiary alicyclic amines) is 1. The molecule has 1 saturated heterocycles. The van der Waals surface area contributed by atoms with Crippen molar-refractivity contribution < 1.29 is 14.6 Å². The summed E-state index contributed by atoms with van der Waals surface area (Å²) in [6.45, 7) is 5.93. The van der Waals surface area contributed by atoms with E-state index < -0.39 is 5.41 Å². The van der Waals surface area contributed by atoms with Crippen LogP contribution in [0.4, 0.5) is 0 Å². The molecule has 2 atom stereocenters. The van der Waals surface area contributed by atoms with Crippen LogP contribution >= 0.6 is 0 Å². The van der Waals surface area contributed by atoms with Gasteiger partial charge in [-0.25, -0.2) is 0 Å².